The van der Waals surface area contributed by atoms with Gasteiger partial charge in [0.25, 0.3) is 0 Å². The Morgan fingerprint density at radius 3 is 1.93 bits per heavy atom. The largest absolute Gasteiger partial charge is 0.423 e. The molecule has 0 N–H and O–H groups in total. The molecule has 3 aromatic carbocycles. The molecule has 3 rings (SSSR count). The minimum absolute atomic E-state index is 0.383. The fraction of sp³-hybridized carbons (Fsp3) is 0.160. The lowest BCUT2D eigenvalue weighted by Gasteiger charge is -2.05. The number of esters is 1. The van der Waals surface area contributed by atoms with Crippen molar-refractivity contribution in [2.45, 2.75) is 26.7 Å². The number of aryl methyl sites for hydroxylation is 1. The summed E-state index contributed by atoms with van der Waals surface area (Å²) in [7, 11) is 0. The average Bonchev–Trinajstić information content (AvgIpc) is 2.68. The van der Waals surface area contributed by atoms with Crippen LogP contribution < -0.4 is 4.74 Å². The van der Waals surface area contributed by atoms with Crippen LogP contribution >= 0.6 is 0 Å². The number of hydrogen-bond acceptors (Lipinski definition) is 2. The van der Waals surface area contributed by atoms with Crippen LogP contribution in [-0.2, 0) is 4.79 Å². The highest BCUT2D eigenvalue weighted by Gasteiger charge is 2.03. The Bertz CT molecular complexity index is 916. The third-order valence-electron chi connectivity index (χ3n) is 4.47. The minimum atomic E-state index is -0.383. The lowest BCUT2D eigenvalue weighted by atomic mass is 10.0. The molecule has 2 nitrogen and oxygen atoms in total. The molecule has 0 radical (unpaired) electrons. The van der Waals surface area contributed by atoms with E-state index in [2.05, 4.69) is 57.2 Å². The topological polar surface area (TPSA) is 26.3 Å². The zero-order valence-electron chi connectivity index (χ0n) is 16.0. The molecule has 0 amide bonds. The van der Waals surface area contributed by atoms with Gasteiger partial charge >= 0.3 is 5.97 Å². The molecule has 0 unspecified atom stereocenters. The average molecular weight is 356 g/mol. The van der Waals surface area contributed by atoms with E-state index in [1.54, 1.807) is 6.08 Å². The number of ether oxygens (including phenoxy) is 1. The normalized spacial score (nSPS) is 11.1. The number of carbonyl (C=O) groups is 1. The molecule has 0 atom stereocenters. The van der Waals surface area contributed by atoms with E-state index in [1.807, 2.05) is 36.4 Å². The van der Waals surface area contributed by atoms with Crippen LogP contribution in [0.5, 0.6) is 5.75 Å². The van der Waals surface area contributed by atoms with Gasteiger partial charge in [-0.2, -0.15) is 0 Å². The van der Waals surface area contributed by atoms with E-state index in [4.69, 9.17) is 4.74 Å². The molecular weight excluding hydrogens is 332 g/mol. The fourth-order valence-corrected chi connectivity index (χ4v) is 2.77. The van der Waals surface area contributed by atoms with Gasteiger partial charge in [-0.15, -0.1) is 0 Å². The van der Waals surface area contributed by atoms with Gasteiger partial charge in [-0.05, 0) is 53.3 Å². The first-order valence-electron chi connectivity index (χ1n) is 9.18. The summed E-state index contributed by atoms with van der Waals surface area (Å²) < 4.78 is 5.38. The Kier molecular flexibility index (Phi) is 5.87. The van der Waals surface area contributed by atoms with Crippen molar-refractivity contribution < 1.29 is 9.53 Å². The van der Waals surface area contributed by atoms with Gasteiger partial charge in [0.1, 0.15) is 5.75 Å². The van der Waals surface area contributed by atoms with Crippen LogP contribution in [0.15, 0.2) is 78.9 Å². The lowest BCUT2D eigenvalue weighted by Crippen LogP contribution is -2.03. The van der Waals surface area contributed by atoms with E-state index in [1.165, 1.54) is 17.2 Å². The first-order valence-corrected chi connectivity index (χ1v) is 9.18. The molecule has 0 saturated heterocycles. The Morgan fingerprint density at radius 2 is 1.37 bits per heavy atom. The summed E-state index contributed by atoms with van der Waals surface area (Å²) in [4.78, 5) is 12.0. The highest BCUT2D eigenvalue weighted by atomic mass is 16.5. The minimum Gasteiger partial charge on any atom is -0.423 e. The van der Waals surface area contributed by atoms with Gasteiger partial charge < -0.3 is 4.74 Å². The first kappa shape index (κ1) is 18.7. The van der Waals surface area contributed by atoms with Crippen LogP contribution in [0.4, 0.5) is 0 Å². The predicted molar refractivity (Wildman–Crippen MR) is 112 cm³/mol. The number of benzene rings is 3. The van der Waals surface area contributed by atoms with Crippen molar-refractivity contribution in [2.75, 3.05) is 0 Å². The van der Waals surface area contributed by atoms with Crippen molar-refractivity contribution in [1.29, 1.82) is 0 Å². The van der Waals surface area contributed by atoms with E-state index < -0.39 is 0 Å². The van der Waals surface area contributed by atoms with Crippen molar-refractivity contribution in [3.63, 3.8) is 0 Å². The molecule has 0 aliphatic heterocycles. The molecule has 136 valence electrons. The number of hydrogen-bond donors (Lipinski definition) is 0. The highest BCUT2D eigenvalue weighted by Crippen LogP contribution is 2.23. The molecule has 3 aromatic rings. The number of rotatable bonds is 5. The first-order chi connectivity index (χ1) is 13.0. The monoisotopic (exact) mass is 356 g/mol. The molecule has 0 fully saturated rings. The van der Waals surface area contributed by atoms with Crippen molar-refractivity contribution in [2.24, 2.45) is 0 Å². The zero-order valence-corrected chi connectivity index (χ0v) is 16.0. The van der Waals surface area contributed by atoms with Gasteiger partial charge in [0.05, 0.1) is 0 Å². The molecule has 0 aliphatic carbocycles. The summed E-state index contributed by atoms with van der Waals surface area (Å²) in [5.41, 5.74) is 5.73. The smallest absolute Gasteiger partial charge is 0.336 e. The second kappa shape index (κ2) is 8.50. The summed E-state index contributed by atoms with van der Waals surface area (Å²) in [6.07, 6.45) is 3.23. The molecule has 0 heterocycles. The second-order valence-electron chi connectivity index (χ2n) is 6.97. The molecule has 27 heavy (non-hydrogen) atoms. The Balaban J connectivity index is 1.61. The molecule has 0 saturated carbocycles. The van der Waals surface area contributed by atoms with E-state index in [-0.39, 0.29) is 5.97 Å². The van der Waals surface area contributed by atoms with E-state index in [9.17, 15) is 4.79 Å². The van der Waals surface area contributed by atoms with Crippen LogP contribution in [-0.4, -0.2) is 5.97 Å². The van der Waals surface area contributed by atoms with Gasteiger partial charge in [-0.1, -0.05) is 80.1 Å². The SMILES string of the molecule is Cc1ccc(-c2ccc(OC(=O)/C=C/c3ccc(C(C)C)cc3)cc2)cc1. The third-order valence-corrected chi connectivity index (χ3v) is 4.47. The predicted octanol–water partition coefficient (Wildman–Crippen LogP) is 6.40. The van der Waals surface area contributed by atoms with Gasteiger partial charge in [0.2, 0.25) is 0 Å². The maximum Gasteiger partial charge on any atom is 0.336 e. The summed E-state index contributed by atoms with van der Waals surface area (Å²) in [5, 5.41) is 0. The molecule has 0 aromatic heterocycles. The van der Waals surface area contributed by atoms with Crippen LogP contribution in [0, 0.1) is 6.92 Å². The molecule has 2 heteroatoms. The molecule has 0 aliphatic rings. The standard InChI is InChI=1S/C25H24O2/c1-18(2)21-11-6-20(7-12-21)8-17-25(26)27-24-15-13-23(14-16-24)22-9-4-19(3)5-10-22/h4-18H,1-3H3/b17-8+. The summed E-state index contributed by atoms with van der Waals surface area (Å²) in [5.74, 6) is 0.651. The highest BCUT2D eigenvalue weighted by molar-refractivity contribution is 5.88. The fourth-order valence-electron chi connectivity index (χ4n) is 2.77. The van der Waals surface area contributed by atoms with Gasteiger partial charge in [0, 0.05) is 6.08 Å². The second-order valence-corrected chi connectivity index (χ2v) is 6.97. The van der Waals surface area contributed by atoms with Gasteiger partial charge in [-0.25, -0.2) is 4.79 Å². The van der Waals surface area contributed by atoms with Gasteiger partial charge in [0.15, 0.2) is 0 Å². The zero-order chi connectivity index (χ0) is 19.2. The molecule has 0 spiro atoms. The van der Waals surface area contributed by atoms with E-state index in [0.29, 0.717) is 11.7 Å². The summed E-state index contributed by atoms with van der Waals surface area (Å²) >= 11 is 0. The quantitative estimate of drug-likeness (QED) is 0.300. The number of carbonyl (C=O) groups excluding carboxylic acids is 1. The Labute approximate surface area is 161 Å². The lowest BCUT2D eigenvalue weighted by molar-refractivity contribution is -0.128. The van der Waals surface area contributed by atoms with Crippen LogP contribution in [0.1, 0.15) is 36.5 Å². The van der Waals surface area contributed by atoms with E-state index >= 15 is 0 Å². The summed E-state index contributed by atoms with van der Waals surface area (Å²) in [6.45, 7) is 6.39. The van der Waals surface area contributed by atoms with E-state index in [0.717, 1.165) is 16.7 Å². The Hall–Kier alpha value is -3.13. The van der Waals surface area contributed by atoms with Crippen molar-refractivity contribution >= 4 is 12.0 Å². The molecule has 0 bridgehead atoms. The summed E-state index contributed by atoms with van der Waals surface area (Å²) in [6, 6.07) is 24.1. The Morgan fingerprint density at radius 1 is 0.815 bits per heavy atom. The molecular formula is C25H24O2. The third kappa shape index (κ3) is 5.18. The van der Waals surface area contributed by atoms with Crippen molar-refractivity contribution in [3.8, 4) is 16.9 Å². The van der Waals surface area contributed by atoms with Crippen molar-refractivity contribution in [3.05, 3.63) is 95.6 Å². The van der Waals surface area contributed by atoms with Crippen LogP contribution in [0.2, 0.25) is 0 Å². The van der Waals surface area contributed by atoms with Crippen molar-refractivity contribution in [1.82, 2.24) is 0 Å². The van der Waals surface area contributed by atoms with Crippen LogP contribution in [0.3, 0.4) is 0 Å². The maximum atomic E-state index is 12.0. The maximum absolute atomic E-state index is 12.0. The van der Waals surface area contributed by atoms with Crippen LogP contribution in [0.25, 0.3) is 17.2 Å². The van der Waals surface area contributed by atoms with Gasteiger partial charge in [-0.3, -0.25) is 0 Å².